The molecule has 0 aromatic heterocycles. The zero-order valence-electron chi connectivity index (χ0n) is 13.3. The van der Waals surface area contributed by atoms with E-state index in [-0.39, 0.29) is 22.7 Å². The molecule has 1 fully saturated rings. The van der Waals surface area contributed by atoms with Gasteiger partial charge in [-0.15, -0.1) is 0 Å². The van der Waals surface area contributed by atoms with Crippen molar-refractivity contribution in [1.29, 1.82) is 0 Å². The molecule has 1 amide bonds. The van der Waals surface area contributed by atoms with Gasteiger partial charge in [-0.25, -0.2) is 9.89 Å². The molecule has 24 heavy (non-hydrogen) atoms. The number of carbonyl (C=O) groups is 2. The Kier molecular flexibility index (Phi) is 4.61. The summed E-state index contributed by atoms with van der Waals surface area (Å²) < 4.78 is 6.02. The van der Waals surface area contributed by atoms with Gasteiger partial charge in [-0.1, -0.05) is 0 Å². The predicted octanol–water partition coefficient (Wildman–Crippen LogP) is -0.0774. The number of amides is 1. The van der Waals surface area contributed by atoms with Crippen molar-refractivity contribution in [3.05, 3.63) is 28.3 Å². The van der Waals surface area contributed by atoms with E-state index in [2.05, 4.69) is 20.9 Å². The summed E-state index contributed by atoms with van der Waals surface area (Å²) in [6.07, 6.45) is 5.15. The Balaban J connectivity index is 1.82. The molecule has 1 saturated heterocycles. The fraction of sp³-hybridized carbons (Fsp3) is 0.467. The minimum atomic E-state index is -0.631. The SMILES string of the molecule is COC(=O)c1cn(NC(=O)CC2CCNCC2)cc2c(=O)[nH]nc1-2. The number of aromatic nitrogens is 3. The van der Waals surface area contributed by atoms with Crippen LogP contribution >= 0.6 is 0 Å². The van der Waals surface area contributed by atoms with Gasteiger partial charge >= 0.3 is 5.97 Å². The number of rotatable bonds is 4. The van der Waals surface area contributed by atoms with Gasteiger partial charge in [0.25, 0.3) is 5.56 Å². The summed E-state index contributed by atoms with van der Waals surface area (Å²) in [6, 6.07) is 0. The number of piperidine rings is 1. The van der Waals surface area contributed by atoms with Gasteiger partial charge in [0.15, 0.2) is 0 Å². The molecular weight excluding hydrogens is 314 g/mol. The lowest BCUT2D eigenvalue weighted by molar-refractivity contribution is -0.118. The molecule has 0 atom stereocenters. The second kappa shape index (κ2) is 6.83. The Morgan fingerprint density at radius 3 is 2.83 bits per heavy atom. The molecule has 128 valence electrons. The Labute approximate surface area is 137 Å². The summed E-state index contributed by atoms with van der Waals surface area (Å²) >= 11 is 0. The third-order valence-electron chi connectivity index (χ3n) is 4.15. The highest BCUT2D eigenvalue weighted by atomic mass is 16.5. The first-order chi connectivity index (χ1) is 11.6. The van der Waals surface area contributed by atoms with Crippen molar-refractivity contribution in [2.75, 3.05) is 25.6 Å². The van der Waals surface area contributed by atoms with E-state index in [0.717, 1.165) is 25.9 Å². The van der Waals surface area contributed by atoms with Gasteiger partial charge < -0.3 is 10.1 Å². The minimum absolute atomic E-state index is 0.107. The maximum absolute atomic E-state index is 12.2. The number of methoxy groups -OCH3 is 1. The Bertz CT molecular complexity index is 775. The van der Waals surface area contributed by atoms with Crippen molar-refractivity contribution in [3.63, 3.8) is 0 Å². The van der Waals surface area contributed by atoms with Crippen LogP contribution in [0.25, 0.3) is 11.3 Å². The average molecular weight is 333 g/mol. The smallest absolute Gasteiger partial charge is 0.341 e. The first kappa shape index (κ1) is 16.2. The maximum Gasteiger partial charge on any atom is 0.341 e. The Morgan fingerprint density at radius 1 is 1.38 bits per heavy atom. The first-order valence-corrected chi connectivity index (χ1v) is 7.77. The minimum Gasteiger partial charge on any atom is -0.465 e. The van der Waals surface area contributed by atoms with Crippen LogP contribution in [0.4, 0.5) is 0 Å². The van der Waals surface area contributed by atoms with Gasteiger partial charge in [-0.2, -0.15) is 5.10 Å². The molecule has 9 nitrogen and oxygen atoms in total. The zero-order valence-corrected chi connectivity index (χ0v) is 13.3. The van der Waals surface area contributed by atoms with Crippen molar-refractivity contribution in [3.8, 4) is 11.3 Å². The number of nitrogens with zero attached hydrogens (tertiary/aromatic N) is 2. The molecule has 3 N–H and O–H groups in total. The van der Waals surface area contributed by atoms with Crippen LogP contribution in [0.5, 0.6) is 0 Å². The summed E-state index contributed by atoms with van der Waals surface area (Å²) in [5.41, 5.74) is 2.79. The van der Waals surface area contributed by atoms with Gasteiger partial charge in [0.1, 0.15) is 11.3 Å². The van der Waals surface area contributed by atoms with E-state index in [1.165, 1.54) is 24.2 Å². The van der Waals surface area contributed by atoms with Crippen molar-refractivity contribution in [2.24, 2.45) is 5.92 Å². The number of esters is 1. The van der Waals surface area contributed by atoms with Crippen molar-refractivity contribution in [2.45, 2.75) is 19.3 Å². The normalized spacial score (nSPS) is 15.4. The summed E-state index contributed by atoms with van der Waals surface area (Å²) in [4.78, 5) is 35.9. The lowest BCUT2D eigenvalue weighted by atomic mass is 9.94. The molecule has 0 saturated carbocycles. The fourth-order valence-electron chi connectivity index (χ4n) is 2.90. The van der Waals surface area contributed by atoms with Crippen LogP contribution in [0.15, 0.2) is 17.2 Å². The molecule has 3 aliphatic heterocycles. The van der Waals surface area contributed by atoms with Crippen LogP contribution < -0.4 is 16.3 Å². The molecule has 0 spiro atoms. The number of ether oxygens (including phenoxy) is 1. The molecular formula is C15H19N5O4. The number of H-pyrrole nitrogens is 1. The topological polar surface area (TPSA) is 118 Å². The van der Waals surface area contributed by atoms with Crippen LogP contribution in [-0.4, -0.2) is 46.9 Å². The van der Waals surface area contributed by atoms with E-state index in [4.69, 9.17) is 4.74 Å². The van der Waals surface area contributed by atoms with Crippen LogP contribution in [0.2, 0.25) is 0 Å². The molecule has 3 heterocycles. The largest absolute Gasteiger partial charge is 0.465 e. The third-order valence-corrected chi connectivity index (χ3v) is 4.15. The van der Waals surface area contributed by atoms with Crippen LogP contribution in [0.1, 0.15) is 29.6 Å². The molecule has 0 bridgehead atoms. The van der Waals surface area contributed by atoms with Crippen LogP contribution in [0, 0.1) is 5.92 Å². The second-order valence-electron chi connectivity index (χ2n) is 5.82. The van der Waals surface area contributed by atoms with Crippen molar-refractivity contribution < 1.29 is 14.3 Å². The molecule has 0 radical (unpaired) electrons. The predicted molar refractivity (Wildman–Crippen MR) is 85.4 cm³/mol. The maximum atomic E-state index is 12.2. The molecule has 0 aliphatic carbocycles. The van der Waals surface area contributed by atoms with E-state index < -0.39 is 11.5 Å². The Morgan fingerprint density at radius 2 is 2.12 bits per heavy atom. The number of nitrogens with one attached hydrogen (secondary N) is 3. The monoisotopic (exact) mass is 333 g/mol. The van der Waals surface area contributed by atoms with Crippen molar-refractivity contribution >= 4 is 11.9 Å². The van der Waals surface area contributed by atoms with E-state index in [0.29, 0.717) is 12.3 Å². The number of carbonyl (C=O) groups excluding carboxylic acids is 2. The summed E-state index contributed by atoms with van der Waals surface area (Å²) in [5, 5.41) is 9.38. The molecule has 3 aliphatic rings. The van der Waals surface area contributed by atoms with Crippen LogP contribution in [-0.2, 0) is 9.53 Å². The molecule has 0 aromatic rings. The van der Waals surface area contributed by atoms with E-state index in [9.17, 15) is 14.4 Å². The number of hydrogen-bond acceptors (Lipinski definition) is 6. The highest BCUT2D eigenvalue weighted by Gasteiger charge is 2.23. The van der Waals surface area contributed by atoms with Gasteiger partial charge in [-0.05, 0) is 31.8 Å². The standard InChI is InChI=1S/C15H19N5O4/c1-24-15(23)11-8-20(7-10-13(11)17-18-14(10)22)19-12(21)6-9-2-4-16-5-3-9/h7-9,16H,2-6H2,1H3,(H,18,22)(H,19,21). The number of pyridine rings is 1. The number of aromatic amines is 1. The second-order valence-corrected chi connectivity index (χ2v) is 5.82. The molecule has 0 aromatic carbocycles. The van der Waals surface area contributed by atoms with Gasteiger partial charge in [0.05, 0.1) is 12.7 Å². The number of hydrogen-bond donors (Lipinski definition) is 3. The van der Waals surface area contributed by atoms with Gasteiger partial charge in [0.2, 0.25) is 5.91 Å². The highest BCUT2D eigenvalue weighted by molar-refractivity contribution is 5.96. The highest BCUT2D eigenvalue weighted by Crippen LogP contribution is 2.20. The Hall–Kier alpha value is -2.68. The summed E-state index contributed by atoms with van der Waals surface area (Å²) in [5.74, 6) is -0.467. The fourth-order valence-corrected chi connectivity index (χ4v) is 2.90. The van der Waals surface area contributed by atoms with Gasteiger partial charge in [-0.3, -0.25) is 19.7 Å². The zero-order chi connectivity index (χ0) is 17.1. The van der Waals surface area contributed by atoms with Gasteiger partial charge in [0, 0.05) is 18.8 Å². The average Bonchev–Trinajstić information content (AvgIpc) is 2.95. The number of fused-ring (bicyclic) bond motifs is 1. The summed E-state index contributed by atoms with van der Waals surface area (Å²) in [6.45, 7) is 1.83. The summed E-state index contributed by atoms with van der Waals surface area (Å²) in [7, 11) is 1.24. The van der Waals surface area contributed by atoms with E-state index >= 15 is 0 Å². The third kappa shape index (κ3) is 3.30. The molecule has 3 rings (SSSR count). The van der Waals surface area contributed by atoms with Crippen molar-refractivity contribution in [1.82, 2.24) is 20.2 Å². The van der Waals surface area contributed by atoms with E-state index in [1.54, 1.807) is 0 Å². The first-order valence-electron chi connectivity index (χ1n) is 7.77. The molecule has 9 heteroatoms. The van der Waals surface area contributed by atoms with Crippen LogP contribution in [0.3, 0.4) is 0 Å². The van der Waals surface area contributed by atoms with E-state index in [1.807, 2.05) is 0 Å². The quantitative estimate of drug-likeness (QED) is 0.674. The lowest BCUT2D eigenvalue weighted by Crippen LogP contribution is -2.32. The lowest BCUT2D eigenvalue weighted by Gasteiger charge is -2.22. The molecule has 0 unspecified atom stereocenters.